The van der Waals surface area contributed by atoms with E-state index in [2.05, 4.69) is 4.98 Å². The third-order valence-corrected chi connectivity index (χ3v) is 2.91. The molecule has 0 aliphatic rings. The van der Waals surface area contributed by atoms with E-state index in [1.54, 1.807) is 42.6 Å². The highest BCUT2D eigenvalue weighted by molar-refractivity contribution is 8.03. The highest BCUT2D eigenvalue weighted by Gasteiger charge is 2.14. The first-order valence-corrected chi connectivity index (χ1v) is 5.95. The molecule has 2 N–H and O–H groups in total. The van der Waals surface area contributed by atoms with Crippen LogP contribution in [0.25, 0.3) is 0 Å². The summed E-state index contributed by atoms with van der Waals surface area (Å²) in [4.78, 5) is 16.9. The first-order chi connectivity index (χ1) is 8.72. The van der Waals surface area contributed by atoms with Crippen LogP contribution in [0.4, 0.5) is 5.69 Å². The molecule has 2 rings (SSSR count). The van der Waals surface area contributed by atoms with Gasteiger partial charge in [0.25, 0.3) is 0 Å². The van der Waals surface area contributed by atoms with Crippen molar-refractivity contribution in [3.05, 3.63) is 53.9 Å². The van der Waals surface area contributed by atoms with Crippen molar-refractivity contribution in [1.82, 2.24) is 4.98 Å². The molecule has 4 nitrogen and oxygen atoms in total. The molecule has 1 aromatic heterocycles. The number of nitrogen functional groups attached to an aromatic ring is 1. The first-order valence-electron chi connectivity index (χ1n) is 5.13. The highest BCUT2D eigenvalue weighted by atomic mass is 32.2. The number of carbonyl (C=O) groups is 1. The molecule has 0 amide bonds. The Kier molecular flexibility index (Phi) is 3.60. The number of thioether (sulfide) groups is 1. The Labute approximate surface area is 108 Å². The van der Waals surface area contributed by atoms with E-state index in [4.69, 9.17) is 11.0 Å². The molecular weight excluding hydrogens is 246 g/mol. The number of aromatic nitrogens is 1. The van der Waals surface area contributed by atoms with Crippen LogP contribution in [0.5, 0.6) is 0 Å². The van der Waals surface area contributed by atoms with Gasteiger partial charge in [-0.25, -0.2) is 0 Å². The van der Waals surface area contributed by atoms with E-state index < -0.39 is 0 Å². The minimum atomic E-state index is -0.242. The second-order valence-electron chi connectivity index (χ2n) is 3.49. The number of ketones is 1. The molecule has 0 fully saturated rings. The fourth-order valence-corrected chi connectivity index (χ4v) is 1.90. The van der Waals surface area contributed by atoms with Gasteiger partial charge in [0.2, 0.25) is 5.78 Å². The van der Waals surface area contributed by atoms with E-state index in [-0.39, 0.29) is 5.78 Å². The SMILES string of the molecule is N#CSc1ccc(N)c(C(=O)c2ccccn2)c1. The molecule has 0 bridgehead atoms. The molecule has 18 heavy (non-hydrogen) atoms. The van der Waals surface area contributed by atoms with Crippen LogP contribution in [-0.2, 0) is 0 Å². The number of nitrogens with two attached hydrogens (primary N) is 1. The summed E-state index contributed by atoms with van der Waals surface area (Å²) in [6.45, 7) is 0. The van der Waals surface area contributed by atoms with Crippen molar-refractivity contribution in [2.75, 3.05) is 5.73 Å². The predicted molar refractivity (Wildman–Crippen MR) is 70.0 cm³/mol. The minimum Gasteiger partial charge on any atom is -0.398 e. The third-order valence-electron chi connectivity index (χ3n) is 2.33. The normalized spacial score (nSPS) is 9.72. The molecule has 0 saturated heterocycles. The van der Waals surface area contributed by atoms with Crippen LogP contribution in [0, 0.1) is 10.7 Å². The van der Waals surface area contributed by atoms with Gasteiger partial charge in [0.1, 0.15) is 11.1 Å². The number of anilines is 1. The molecule has 0 saturated carbocycles. The van der Waals surface area contributed by atoms with Crippen molar-refractivity contribution < 1.29 is 4.79 Å². The highest BCUT2D eigenvalue weighted by Crippen LogP contribution is 2.23. The topological polar surface area (TPSA) is 79.8 Å². The van der Waals surface area contributed by atoms with Gasteiger partial charge in [-0.2, -0.15) is 5.26 Å². The Morgan fingerprint density at radius 1 is 1.33 bits per heavy atom. The summed E-state index contributed by atoms with van der Waals surface area (Å²) in [5, 5.41) is 10.6. The van der Waals surface area contributed by atoms with Crippen molar-refractivity contribution in [3.8, 4) is 5.40 Å². The Hall–Kier alpha value is -2.32. The molecule has 88 valence electrons. The Balaban J connectivity index is 2.42. The monoisotopic (exact) mass is 255 g/mol. The smallest absolute Gasteiger partial charge is 0.213 e. The lowest BCUT2D eigenvalue weighted by Crippen LogP contribution is -2.07. The van der Waals surface area contributed by atoms with Gasteiger partial charge in [-0.3, -0.25) is 9.78 Å². The summed E-state index contributed by atoms with van der Waals surface area (Å²) in [7, 11) is 0. The zero-order valence-corrected chi connectivity index (χ0v) is 10.1. The Morgan fingerprint density at radius 3 is 2.83 bits per heavy atom. The molecule has 0 aliphatic heterocycles. The predicted octanol–water partition coefficient (Wildman–Crippen LogP) is 2.47. The van der Waals surface area contributed by atoms with E-state index >= 15 is 0 Å². The zero-order chi connectivity index (χ0) is 13.0. The molecule has 1 heterocycles. The van der Waals surface area contributed by atoms with Crippen LogP contribution in [0.3, 0.4) is 0 Å². The lowest BCUT2D eigenvalue weighted by molar-refractivity contribution is 0.103. The number of benzene rings is 1. The van der Waals surface area contributed by atoms with Crippen LogP contribution in [-0.4, -0.2) is 10.8 Å². The number of pyridine rings is 1. The van der Waals surface area contributed by atoms with Gasteiger partial charge < -0.3 is 5.73 Å². The van der Waals surface area contributed by atoms with Gasteiger partial charge in [0.05, 0.1) is 0 Å². The summed E-state index contributed by atoms with van der Waals surface area (Å²) >= 11 is 0.988. The molecule has 2 aromatic rings. The largest absolute Gasteiger partial charge is 0.398 e. The van der Waals surface area contributed by atoms with Crippen LogP contribution < -0.4 is 5.73 Å². The summed E-state index contributed by atoms with van der Waals surface area (Å²) in [5.41, 5.74) is 6.87. The van der Waals surface area contributed by atoms with E-state index in [9.17, 15) is 4.79 Å². The van der Waals surface area contributed by atoms with Gasteiger partial charge in [0.15, 0.2) is 0 Å². The average molecular weight is 255 g/mol. The van der Waals surface area contributed by atoms with Crippen molar-refractivity contribution in [3.63, 3.8) is 0 Å². The number of nitrogens with zero attached hydrogens (tertiary/aromatic N) is 2. The number of nitriles is 1. The van der Waals surface area contributed by atoms with E-state index in [0.29, 0.717) is 21.8 Å². The van der Waals surface area contributed by atoms with Gasteiger partial charge in [0, 0.05) is 22.3 Å². The van der Waals surface area contributed by atoms with Gasteiger partial charge >= 0.3 is 0 Å². The lowest BCUT2D eigenvalue weighted by atomic mass is 10.1. The number of rotatable bonds is 3. The number of hydrogen-bond donors (Lipinski definition) is 1. The maximum Gasteiger partial charge on any atom is 0.213 e. The Morgan fingerprint density at radius 2 is 2.17 bits per heavy atom. The quantitative estimate of drug-likeness (QED) is 0.394. The van der Waals surface area contributed by atoms with Crippen molar-refractivity contribution in [1.29, 1.82) is 5.26 Å². The van der Waals surface area contributed by atoms with Crippen molar-refractivity contribution in [2.24, 2.45) is 0 Å². The second kappa shape index (κ2) is 5.34. The van der Waals surface area contributed by atoms with Crippen LogP contribution in [0.15, 0.2) is 47.5 Å². The molecular formula is C13H9N3OS. The van der Waals surface area contributed by atoms with Gasteiger partial charge in [-0.1, -0.05) is 6.07 Å². The number of thiocyanates is 1. The first kappa shape index (κ1) is 12.1. The lowest BCUT2D eigenvalue weighted by Gasteiger charge is -2.05. The molecule has 0 radical (unpaired) electrons. The van der Waals surface area contributed by atoms with Gasteiger partial charge in [-0.15, -0.1) is 0 Å². The van der Waals surface area contributed by atoms with Crippen LogP contribution >= 0.6 is 11.8 Å². The summed E-state index contributed by atoms with van der Waals surface area (Å²) in [6, 6.07) is 10.0. The van der Waals surface area contributed by atoms with E-state index in [1.165, 1.54) is 0 Å². The fourth-order valence-electron chi connectivity index (χ4n) is 1.48. The molecule has 0 unspecified atom stereocenters. The molecule has 0 spiro atoms. The minimum absolute atomic E-state index is 0.242. The summed E-state index contributed by atoms with van der Waals surface area (Å²) in [6.07, 6.45) is 1.55. The zero-order valence-electron chi connectivity index (χ0n) is 9.33. The third kappa shape index (κ3) is 2.50. The number of carbonyl (C=O) groups excluding carboxylic acids is 1. The van der Waals surface area contributed by atoms with Crippen molar-refractivity contribution >= 4 is 23.2 Å². The van der Waals surface area contributed by atoms with Crippen LogP contribution in [0.1, 0.15) is 16.1 Å². The standard InChI is InChI=1S/C13H9N3OS/c14-8-18-9-4-5-11(15)10(7-9)13(17)12-3-1-2-6-16-12/h1-7H,15H2. The molecule has 0 atom stereocenters. The maximum absolute atomic E-state index is 12.2. The van der Waals surface area contributed by atoms with Crippen molar-refractivity contribution in [2.45, 2.75) is 4.90 Å². The van der Waals surface area contributed by atoms with Gasteiger partial charge in [-0.05, 0) is 42.1 Å². The maximum atomic E-state index is 12.2. The molecule has 5 heteroatoms. The summed E-state index contributed by atoms with van der Waals surface area (Å²) < 4.78 is 0. The Bertz CT molecular complexity index is 620. The molecule has 1 aromatic carbocycles. The van der Waals surface area contributed by atoms with Crippen LogP contribution in [0.2, 0.25) is 0 Å². The number of hydrogen-bond acceptors (Lipinski definition) is 5. The summed E-state index contributed by atoms with van der Waals surface area (Å²) in [5.74, 6) is -0.242. The molecule has 0 aliphatic carbocycles. The fraction of sp³-hybridized carbons (Fsp3) is 0. The average Bonchev–Trinajstić information content (AvgIpc) is 2.41. The second-order valence-corrected chi connectivity index (χ2v) is 4.34. The van der Waals surface area contributed by atoms with E-state index in [1.807, 2.05) is 5.40 Å². The van der Waals surface area contributed by atoms with E-state index in [0.717, 1.165) is 11.8 Å².